The van der Waals surface area contributed by atoms with E-state index in [1.54, 1.807) is 17.7 Å². The minimum atomic E-state index is -0.396. The third kappa shape index (κ3) is 1.73. The standard InChI is InChI=1S/C7H9N2O2/c1-6-3-7(9(10)11)5-8(2)4-6/h3-5H,1-2H3/q+1. The van der Waals surface area contributed by atoms with Gasteiger partial charge >= 0.3 is 5.69 Å². The average Bonchev–Trinajstić information content (AvgIpc) is 1.85. The number of rotatable bonds is 1. The molecule has 0 saturated heterocycles. The molecule has 1 heterocycles. The summed E-state index contributed by atoms with van der Waals surface area (Å²) < 4.78 is 1.67. The molecule has 0 bridgehead atoms. The molecule has 0 atom stereocenters. The number of aromatic nitrogens is 1. The lowest BCUT2D eigenvalue weighted by Crippen LogP contribution is -2.27. The second kappa shape index (κ2) is 2.65. The van der Waals surface area contributed by atoms with Crippen molar-refractivity contribution in [2.45, 2.75) is 6.92 Å². The molecule has 1 aromatic heterocycles. The van der Waals surface area contributed by atoms with Crippen molar-refractivity contribution in [3.63, 3.8) is 0 Å². The van der Waals surface area contributed by atoms with Crippen LogP contribution in [0.1, 0.15) is 5.56 Å². The van der Waals surface area contributed by atoms with Crippen molar-refractivity contribution in [1.82, 2.24) is 0 Å². The summed E-state index contributed by atoms with van der Waals surface area (Å²) in [7, 11) is 1.76. The molecule has 1 aromatic rings. The van der Waals surface area contributed by atoms with Gasteiger partial charge < -0.3 is 0 Å². The van der Waals surface area contributed by atoms with Crippen molar-refractivity contribution in [3.8, 4) is 0 Å². The lowest BCUT2D eigenvalue weighted by Gasteiger charge is -1.90. The Bertz CT molecular complexity index is 276. The largest absolute Gasteiger partial charge is 0.332 e. The summed E-state index contributed by atoms with van der Waals surface area (Å²) in [5, 5.41) is 10.3. The molecule has 0 radical (unpaired) electrons. The Morgan fingerprint density at radius 1 is 1.55 bits per heavy atom. The van der Waals surface area contributed by atoms with Crippen molar-refractivity contribution >= 4 is 5.69 Å². The highest BCUT2D eigenvalue weighted by Gasteiger charge is 2.10. The molecule has 0 unspecified atom stereocenters. The average molecular weight is 153 g/mol. The fraction of sp³-hybridized carbons (Fsp3) is 0.286. The van der Waals surface area contributed by atoms with E-state index in [4.69, 9.17) is 0 Å². The normalized spacial score (nSPS) is 9.64. The van der Waals surface area contributed by atoms with Gasteiger partial charge in [-0.2, -0.15) is 0 Å². The molecule has 4 nitrogen and oxygen atoms in total. The molecular formula is C7H9N2O2+. The van der Waals surface area contributed by atoms with E-state index in [1.165, 1.54) is 6.20 Å². The third-order valence-corrected chi connectivity index (χ3v) is 1.33. The molecule has 58 valence electrons. The van der Waals surface area contributed by atoms with Crippen molar-refractivity contribution in [3.05, 3.63) is 34.1 Å². The zero-order valence-corrected chi connectivity index (χ0v) is 6.44. The summed E-state index contributed by atoms with van der Waals surface area (Å²) in [6.45, 7) is 1.83. The first kappa shape index (κ1) is 7.65. The molecule has 0 amide bonds. The highest BCUT2D eigenvalue weighted by atomic mass is 16.6. The van der Waals surface area contributed by atoms with E-state index in [9.17, 15) is 10.1 Å². The zero-order chi connectivity index (χ0) is 8.43. The molecule has 0 aliphatic rings. The van der Waals surface area contributed by atoms with Gasteiger partial charge in [0.2, 0.25) is 6.20 Å². The molecule has 4 heteroatoms. The number of pyridine rings is 1. The molecule has 0 aliphatic heterocycles. The monoisotopic (exact) mass is 153 g/mol. The molecule has 11 heavy (non-hydrogen) atoms. The second-order valence-corrected chi connectivity index (χ2v) is 2.49. The van der Waals surface area contributed by atoms with E-state index in [2.05, 4.69) is 0 Å². The van der Waals surface area contributed by atoms with Gasteiger partial charge in [0.05, 0.1) is 4.92 Å². The van der Waals surface area contributed by atoms with E-state index in [1.807, 2.05) is 13.1 Å². The molecule has 0 spiro atoms. The Morgan fingerprint density at radius 2 is 2.18 bits per heavy atom. The lowest BCUT2D eigenvalue weighted by molar-refractivity contribution is -0.674. The molecule has 0 aromatic carbocycles. The first-order valence-electron chi connectivity index (χ1n) is 3.21. The summed E-state index contributed by atoms with van der Waals surface area (Å²) >= 11 is 0. The third-order valence-electron chi connectivity index (χ3n) is 1.33. The van der Waals surface area contributed by atoms with Crippen LogP contribution in [0.4, 0.5) is 5.69 Å². The maximum Gasteiger partial charge on any atom is 0.332 e. The number of hydrogen-bond donors (Lipinski definition) is 0. The molecular weight excluding hydrogens is 144 g/mol. The van der Waals surface area contributed by atoms with Crippen LogP contribution in [0, 0.1) is 17.0 Å². The lowest BCUT2D eigenvalue weighted by atomic mass is 10.3. The van der Waals surface area contributed by atoms with E-state index >= 15 is 0 Å². The van der Waals surface area contributed by atoms with Crippen molar-refractivity contribution in [2.75, 3.05) is 0 Å². The molecule has 0 aliphatic carbocycles. The topological polar surface area (TPSA) is 47.0 Å². The minimum Gasteiger partial charge on any atom is -0.258 e. The number of nitro groups is 1. The van der Waals surface area contributed by atoms with Gasteiger partial charge in [0, 0.05) is 11.6 Å². The van der Waals surface area contributed by atoms with Gasteiger partial charge in [-0.1, -0.05) is 0 Å². The quantitative estimate of drug-likeness (QED) is 0.339. The van der Waals surface area contributed by atoms with E-state index in [0.717, 1.165) is 5.56 Å². The predicted molar refractivity (Wildman–Crippen MR) is 39.0 cm³/mol. The number of aryl methyl sites for hydroxylation is 2. The highest BCUT2D eigenvalue weighted by molar-refractivity contribution is 5.26. The summed E-state index contributed by atoms with van der Waals surface area (Å²) in [5.41, 5.74) is 1.02. The van der Waals surface area contributed by atoms with Crippen LogP contribution >= 0.6 is 0 Å². The Kier molecular flexibility index (Phi) is 1.85. The van der Waals surface area contributed by atoms with Crippen LogP contribution in [-0.2, 0) is 7.05 Å². The fourth-order valence-electron chi connectivity index (χ4n) is 0.975. The zero-order valence-electron chi connectivity index (χ0n) is 6.44. The van der Waals surface area contributed by atoms with Crippen LogP contribution < -0.4 is 4.57 Å². The van der Waals surface area contributed by atoms with Gasteiger partial charge in [0.25, 0.3) is 0 Å². The Morgan fingerprint density at radius 3 is 2.64 bits per heavy atom. The van der Waals surface area contributed by atoms with E-state index in [-0.39, 0.29) is 5.69 Å². The summed E-state index contributed by atoms with van der Waals surface area (Å²) in [4.78, 5) is 9.90. The molecule has 0 N–H and O–H groups in total. The smallest absolute Gasteiger partial charge is 0.258 e. The highest BCUT2D eigenvalue weighted by Crippen LogP contribution is 2.07. The van der Waals surface area contributed by atoms with Gasteiger partial charge in [-0.05, 0) is 6.92 Å². The van der Waals surface area contributed by atoms with Gasteiger partial charge in [0.15, 0.2) is 6.20 Å². The summed E-state index contributed by atoms with van der Waals surface area (Å²) in [6.07, 6.45) is 3.31. The van der Waals surface area contributed by atoms with Gasteiger partial charge in [-0.3, -0.25) is 10.1 Å². The van der Waals surface area contributed by atoms with Crippen LogP contribution in [0.2, 0.25) is 0 Å². The van der Waals surface area contributed by atoms with Crippen LogP contribution in [0.5, 0.6) is 0 Å². The molecule has 1 rings (SSSR count). The summed E-state index contributed by atoms with van der Waals surface area (Å²) in [5.74, 6) is 0. The van der Waals surface area contributed by atoms with Crippen molar-refractivity contribution < 1.29 is 9.49 Å². The summed E-state index contributed by atoms with van der Waals surface area (Å²) in [6, 6.07) is 1.54. The fourth-order valence-corrected chi connectivity index (χ4v) is 0.975. The first-order valence-corrected chi connectivity index (χ1v) is 3.21. The Hall–Kier alpha value is -1.45. The number of hydrogen-bond acceptors (Lipinski definition) is 2. The van der Waals surface area contributed by atoms with E-state index in [0.29, 0.717) is 0 Å². The van der Waals surface area contributed by atoms with Crippen LogP contribution in [0.15, 0.2) is 18.5 Å². The van der Waals surface area contributed by atoms with Gasteiger partial charge in [-0.15, -0.1) is 0 Å². The van der Waals surface area contributed by atoms with E-state index < -0.39 is 4.92 Å². The van der Waals surface area contributed by atoms with Gasteiger partial charge in [-0.25, -0.2) is 4.57 Å². The first-order chi connectivity index (χ1) is 5.09. The van der Waals surface area contributed by atoms with Gasteiger partial charge in [0.1, 0.15) is 7.05 Å². The Balaban J connectivity index is 3.19. The van der Waals surface area contributed by atoms with Crippen molar-refractivity contribution in [2.24, 2.45) is 7.05 Å². The minimum absolute atomic E-state index is 0.132. The maximum atomic E-state index is 10.3. The van der Waals surface area contributed by atoms with Crippen LogP contribution in [0.3, 0.4) is 0 Å². The molecule has 0 saturated carbocycles. The predicted octanol–water partition coefficient (Wildman–Crippen LogP) is 0.728. The maximum absolute atomic E-state index is 10.3. The number of nitrogens with zero attached hydrogens (tertiary/aromatic N) is 2. The Labute approximate surface area is 64.2 Å². The van der Waals surface area contributed by atoms with Crippen LogP contribution in [-0.4, -0.2) is 4.92 Å². The SMILES string of the molecule is Cc1cc([N+](=O)[O-])c[n+](C)c1. The second-order valence-electron chi connectivity index (χ2n) is 2.49. The molecule has 0 fully saturated rings. The van der Waals surface area contributed by atoms with Crippen LogP contribution in [0.25, 0.3) is 0 Å². The van der Waals surface area contributed by atoms with Crippen molar-refractivity contribution in [1.29, 1.82) is 0 Å².